The fourth-order valence-electron chi connectivity index (χ4n) is 2.83. The molecular weight excluding hydrogens is 232 g/mol. The van der Waals surface area contributed by atoms with Gasteiger partial charge in [-0.15, -0.1) is 0 Å². The lowest BCUT2D eigenvalue weighted by molar-refractivity contribution is 0.0216. The summed E-state index contributed by atoms with van der Waals surface area (Å²) in [6, 6.07) is 0.0227. The summed E-state index contributed by atoms with van der Waals surface area (Å²) in [5.41, 5.74) is 7.95. The molecule has 1 heterocycles. The maximum Gasteiger partial charge on any atom is 0.410 e. The predicted molar refractivity (Wildman–Crippen MR) is 67.0 cm³/mol. The van der Waals surface area contributed by atoms with E-state index in [1.807, 2.05) is 20.8 Å². The average molecular weight is 252 g/mol. The molecule has 1 saturated heterocycles. The summed E-state index contributed by atoms with van der Waals surface area (Å²) in [5, 5.41) is 3.63. The maximum absolute atomic E-state index is 12.1. The minimum absolute atomic E-state index is 0.0227. The van der Waals surface area contributed by atoms with Crippen molar-refractivity contribution in [3.63, 3.8) is 0 Å². The van der Waals surface area contributed by atoms with E-state index in [-0.39, 0.29) is 12.1 Å². The minimum Gasteiger partial charge on any atom is -0.444 e. The van der Waals surface area contributed by atoms with Gasteiger partial charge in [0.05, 0.1) is 0 Å². The zero-order chi connectivity index (χ0) is 13.3. The van der Waals surface area contributed by atoms with Gasteiger partial charge in [-0.3, -0.25) is 0 Å². The molecule has 0 N–H and O–H groups in total. The van der Waals surface area contributed by atoms with Crippen LogP contribution in [-0.4, -0.2) is 35.7 Å². The van der Waals surface area contributed by atoms with Crippen LogP contribution in [0.5, 0.6) is 0 Å². The summed E-state index contributed by atoms with van der Waals surface area (Å²) in [6.07, 6.45) is 2.00. The van der Waals surface area contributed by atoms with Gasteiger partial charge in [-0.1, -0.05) is 5.11 Å². The van der Waals surface area contributed by atoms with Crippen LogP contribution in [0.3, 0.4) is 0 Å². The first-order chi connectivity index (χ1) is 8.42. The zero-order valence-corrected chi connectivity index (χ0v) is 11.2. The molecule has 3 atom stereocenters. The number of carbonyl (C=O) groups excluding carboxylic acids is 1. The fourth-order valence-corrected chi connectivity index (χ4v) is 2.83. The Hall–Kier alpha value is -1.42. The maximum atomic E-state index is 12.1. The highest BCUT2D eigenvalue weighted by atomic mass is 16.6. The topological polar surface area (TPSA) is 78.3 Å². The molecule has 18 heavy (non-hydrogen) atoms. The van der Waals surface area contributed by atoms with E-state index in [1.165, 1.54) is 0 Å². The van der Waals surface area contributed by atoms with Crippen LogP contribution in [-0.2, 0) is 4.74 Å². The number of azide groups is 1. The van der Waals surface area contributed by atoms with Crippen molar-refractivity contribution in [3.8, 4) is 0 Å². The fraction of sp³-hybridized carbons (Fsp3) is 0.917. The van der Waals surface area contributed by atoms with Gasteiger partial charge in [0.1, 0.15) is 5.60 Å². The van der Waals surface area contributed by atoms with E-state index < -0.39 is 5.60 Å². The second kappa shape index (κ2) is 4.69. The van der Waals surface area contributed by atoms with Crippen molar-refractivity contribution in [3.05, 3.63) is 10.4 Å². The number of fused-ring (bicyclic) bond motifs is 1. The van der Waals surface area contributed by atoms with E-state index in [4.69, 9.17) is 10.3 Å². The summed E-state index contributed by atoms with van der Waals surface area (Å²) in [7, 11) is 0. The predicted octanol–water partition coefficient (Wildman–Crippen LogP) is 2.94. The number of amides is 1. The summed E-state index contributed by atoms with van der Waals surface area (Å²) in [6.45, 7) is 6.68. The molecule has 6 nitrogen and oxygen atoms in total. The van der Waals surface area contributed by atoms with Crippen LogP contribution in [0.4, 0.5) is 4.79 Å². The van der Waals surface area contributed by atoms with Gasteiger partial charge >= 0.3 is 6.09 Å². The Balaban J connectivity index is 2.05. The third-order valence-corrected chi connectivity index (χ3v) is 3.76. The largest absolute Gasteiger partial charge is 0.444 e. The van der Waals surface area contributed by atoms with Crippen LogP contribution in [0.15, 0.2) is 5.11 Å². The molecule has 2 fully saturated rings. The molecular formula is C12H20N4O2. The lowest BCUT2D eigenvalue weighted by atomic mass is 9.73. The normalized spacial score (nSPS) is 30.2. The number of rotatable bonds is 2. The van der Waals surface area contributed by atoms with E-state index in [0.717, 1.165) is 19.4 Å². The van der Waals surface area contributed by atoms with Gasteiger partial charge in [-0.2, -0.15) is 0 Å². The molecule has 6 heteroatoms. The van der Waals surface area contributed by atoms with Crippen molar-refractivity contribution in [2.24, 2.45) is 17.0 Å². The summed E-state index contributed by atoms with van der Waals surface area (Å²) >= 11 is 0. The Bertz CT molecular complexity index is 384. The van der Waals surface area contributed by atoms with Gasteiger partial charge < -0.3 is 9.64 Å². The van der Waals surface area contributed by atoms with Gasteiger partial charge in [0.25, 0.3) is 0 Å². The molecule has 2 rings (SSSR count). The van der Waals surface area contributed by atoms with Gasteiger partial charge in [0, 0.05) is 24.0 Å². The Kier molecular flexibility index (Phi) is 3.39. The van der Waals surface area contributed by atoms with Crippen molar-refractivity contribution < 1.29 is 9.53 Å². The summed E-state index contributed by atoms with van der Waals surface area (Å²) < 4.78 is 5.41. The SMILES string of the molecule is CC(C)(C)OC(=O)N1CC2CCC2C1CN=[N+]=[N-]. The van der Waals surface area contributed by atoms with Crippen LogP contribution >= 0.6 is 0 Å². The summed E-state index contributed by atoms with van der Waals surface area (Å²) in [4.78, 5) is 16.7. The molecule has 0 aromatic heterocycles. The Labute approximate surface area is 107 Å². The van der Waals surface area contributed by atoms with Crippen molar-refractivity contribution in [1.29, 1.82) is 0 Å². The van der Waals surface area contributed by atoms with Crippen molar-refractivity contribution in [2.45, 2.75) is 45.3 Å². The average Bonchev–Trinajstić information content (AvgIpc) is 2.44. The van der Waals surface area contributed by atoms with Crippen LogP contribution in [0, 0.1) is 11.8 Å². The van der Waals surface area contributed by atoms with E-state index in [1.54, 1.807) is 4.90 Å². The zero-order valence-electron chi connectivity index (χ0n) is 11.2. The van der Waals surface area contributed by atoms with Crippen molar-refractivity contribution in [1.82, 2.24) is 4.90 Å². The number of carbonyl (C=O) groups is 1. The van der Waals surface area contributed by atoms with Gasteiger partial charge in [-0.25, -0.2) is 4.79 Å². The van der Waals surface area contributed by atoms with E-state index in [9.17, 15) is 4.79 Å². The number of likely N-dealkylation sites (tertiary alicyclic amines) is 1. The Morgan fingerprint density at radius 3 is 2.72 bits per heavy atom. The van der Waals surface area contributed by atoms with Gasteiger partial charge in [0.2, 0.25) is 0 Å². The lowest BCUT2D eigenvalue weighted by Crippen LogP contribution is -2.43. The van der Waals surface area contributed by atoms with E-state index >= 15 is 0 Å². The highest BCUT2D eigenvalue weighted by Gasteiger charge is 2.49. The van der Waals surface area contributed by atoms with Gasteiger partial charge in [0.15, 0.2) is 0 Å². The molecule has 3 unspecified atom stereocenters. The van der Waals surface area contributed by atoms with Gasteiger partial charge in [-0.05, 0) is 51.0 Å². The monoisotopic (exact) mass is 252 g/mol. The first-order valence-corrected chi connectivity index (χ1v) is 6.43. The van der Waals surface area contributed by atoms with Crippen LogP contribution in [0.25, 0.3) is 10.4 Å². The third-order valence-electron chi connectivity index (χ3n) is 3.76. The quantitative estimate of drug-likeness (QED) is 0.430. The number of nitrogens with zero attached hydrogens (tertiary/aromatic N) is 4. The lowest BCUT2D eigenvalue weighted by Gasteiger charge is -2.33. The molecule has 1 saturated carbocycles. The number of hydrogen-bond donors (Lipinski definition) is 0. The minimum atomic E-state index is -0.484. The van der Waals surface area contributed by atoms with Crippen LogP contribution < -0.4 is 0 Å². The van der Waals surface area contributed by atoms with Crippen molar-refractivity contribution >= 4 is 6.09 Å². The second-order valence-electron chi connectivity index (χ2n) is 6.11. The van der Waals surface area contributed by atoms with Crippen LogP contribution in [0.2, 0.25) is 0 Å². The third kappa shape index (κ3) is 2.53. The van der Waals surface area contributed by atoms with Crippen LogP contribution in [0.1, 0.15) is 33.6 Å². The molecule has 1 aliphatic heterocycles. The van der Waals surface area contributed by atoms with Crippen molar-refractivity contribution in [2.75, 3.05) is 13.1 Å². The molecule has 1 aliphatic carbocycles. The number of ether oxygens (including phenoxy) is 1. The Morgan fingerprint density at radius 2 is 2.22 bits per heavy atom. The first-order valence-electron chi connectivity index (χ1n) is 6.43. The Morgan fingerprint density at radius 1 is 1.50 bits per heavy atom. The highest BCUT2D eigenvalue weighted by molar-refractivity contribution is 5.69. The van der Waals surface area contributed by atoms with E-state index in [2.05, 4.69) is 10.0 Å². The molecule has 100 valence electrons. The molecule has 0 radical (unpaired) electrons. The second-order valence-corrected chi connectivity index (χ2v) is 6.11. The standard InChI is InChI=1S/C12H20N4O2/c1-12(2,3)18-11(17)16-7-8-4-5-9(8)10(16)6-14-15-13/h8-10H,4-7H2,1-3H3. The number of hydrogen-bond acceptors (Lipinski definition) is 3. The smallest absolute Gasteiger partial charge is 0.410 e. The molecule has 0 aromatic rings. The molecule has 1 amide bonds. The van der Waals surface area contributed by atoms with E-state index in [0.29, 0.717) is 18.4 Å². The first kappa shape index (κ1) is 13.0. The highest BCUT2D eigenvalue weighted by Crippen LogP contribution is 2.45. The molecule has 0 aromatic carbocycles. The summed E-state index contributed by atoms with van der Waals surface area (Å²) in [5.74, 6) is 1.06. The molecule has 0 bridgehead atoms. The molecule has 0 spiro atoms. The molecule has 2 aliphatic rings.